The van der Waals surface area contributed by atoms with Crippen molar-refractivity contribution in [1.29, 1.82) is 0 Å². The van der Waals surface area contributed by atoms with Gasteiger partial charge in [0, 0.05) is 31.1 Å². The Hall–Kier alpha value is -2.57. The second-order valence-corrected chi connectivity index (χ2v) is 9.96. The molecule has 2 atom stereocenters. The van der Waals surface area contributed by atoms with E-state index in [0.29, 0.717) is 43.7 Å². The van der Waals surface area contributed by atoms with E-state index in [-0.39, 0.29) is 35.1 Å². The first kappa shape index (κ1) is 25.7. The van der Waals surface area contributed by atoms with E-state index in [1.165, 1.54) is 0 Å². The van der Waals surface area contributed by atoms with E-state index in [0.717, 1.165) is 6.42 Å². The van der Waals surface area contributed by atoms with Gasteiger partial charge in [-0.15, -0.1) is 0 Å². The Morgan fingerprint density at radius 3 is 2.38 bits per heavy atom. The van der Waals surface area contributed by atoms with Gasteiger partial charge in [0.15, 0.2) is 0 Å². The molecule has 1 heterocycles. The van der Waals surface area contributed by atoms with Crippen molar-refractivity contribution < 1.29 is 19.1 Å². The predicted molar refractivity (Wildman–Crippen MR) is 126 cm³/mol. The van der Waals surface area contributed by atoms with Crippen molar-refractivity contribution in [2.24, 2.45) is 11.3 Å². The lowest BCUT2D eigenvalue weighted by Gasteiger charge is -2.37. The number of hydrogen-bond donors (Lipinski definition) is 2. The number of methoxy groups -OCH3 is 1. The number of likely N-dealkylation sites (tertiary alicyclic amines) is 1. The van der Waals surface area contributed by atoms with Crippen LogP contribution in [0.15, 0.2) is 24.3 Å². The summed E-state index contributed by atoms with van der Waals surface area (Å²) >= 11 is 0. The first-order chi connectivity index (χ1) is 15.0. The van der Waals surface area contributed by atoms with Crippen LogP contribution in [-0.4, -0.2) is 54.9 Å². The molecule has 0 aliphatic carbocycles. The summed E-state index contributed by atoms with van der Waals surface area (Å²) in [5.74, 6) is 0.225. The first-order valence-corrected chi connectivity index (χ1v) is 11.6. The Labute approximate surface area is 192 Å². The number of rotatable bonds is 8. The normalized spacial score (nSPS) is 16.8. The summed E-state index contributed by atoms with van der Waals surface area (Å²) in [6, 6.07) is 6.26. The zero-order chi connectivity index (χ0) is 23.9. The molecule has 2 rings (SSSR count). The van der Waals surface area contributed by atoms with E-state index in [1.54, 1.807) is 31.4 Å². The highest BCUT2D eigenvalue weighted by atomic mass is 16.5. The van der Waals surface area contributed by atoms with Crippen molar-refractivity contribution in [1.82, 2.24) is 15.5 Å². The van der Waals surface area contributed by atoms with Crippen LogP contribution >= 0.6 is 0 Å². The predicted octanol–water partition coefficient (Wildman–Crippen LogP) is 3.38. The second kappa shape index (κ2) is 11.3. The standard InChI is InChI=1S/C25H39N3O4/c1-7-17(2)26-24(31)22(27-23(30)19-9-8-10-20(15-19)32-6)18-11-13-28(14-12-18)21(29)16-25(3,4)5/h8-10,15,17-18,22H,7,11-14,16H2,1-6H3,(H,26,31)(H,27,30). The maximum Gasteiger partial charge on any atom is 0.252 e. The number of piperidine rings is 1. The van der Waals surface area contributed by atoms with Crippen molar-refractivity contribution in [3.63, 3.8) is 0 Å². The molecule has 1 aromatic rings. The maximum absolute atomic E-state index is 13.1. The number of amides is 3. The molecule has 7 heteroatoms. The molecule has 0 spiro atoms. The molecule has 0 aromatic heterocycles. The van der Waals surface area contributed by atoms with E-state index in [4.69, 9.17) is 4.74 Å². The Balaban J connectivity index is 2.11. The van der Waals surface area contributed by atoms with E-state index in [1.807, 2.05) is 18.7 Å². The highest BCUT2D eigenvalue weighted by molar-refractivity contribution is 5.98. The van der Waals surface area contributed by atoms with Crippen molar-refractivity contribution >= 4 is 17.7 Å². The summed E-state index contributed by atoms with van der Waals surface area (Å²) in [5, 5.41) is 5.97. The molecule has 3 amide bonds. The van der Waals surface area contributed by atoms with Crippen molar-refractivity contribution in [3.05, 3.63) is 29.8 Å². The van der Waals surface area contributed by atoms with Crippen LogP contribution in [0.2, 0.25) is 0 Å². The molecule has 1 aliphatic heterocycles. The Bertz CT molecular complexity index is 795. The molecule has 2 unspecified atom stereocenters. The minimum atomic E-state index is -0.650. The first-order valence-electron chi connectivity index (χ1n) is 11.6. The van der Waals surface area contributed by atoms with Gasteiger partial charge in [-0.25, -0.2) is 0 Å². The number of carbonyl (C=O) groups excluding carboxylic acids is 3. The summed E-state index contributed by atoms with van der Waals surface area (Å²) in [6.07, 6.45) is 2.66. The maximum atomic E-state index is 13.1. The van der Waals surface area contributed by atoms with E-state index in [2.05, 4.69) is 31.4 Å². The Kier molecular flexibility index (Phi) is 9.10. The van der Waals surface area contributed by atoms with Crippen LogP contribution in [0.1, 0.15) is 70.7 Å². The van der Waals surface area contributed by atoms with Gasteiger partial charge < -0.3 is 20.3 Å². The zero-order valence-corrected chi connectivity index (χ0v) is 20.4. The van der Waals surface area contributed by atoms with Crippen LogP contribution in [0.4, 0.5) is 0 Å². The number of carbonyl (C=O) groups is 3. The molecular formula is C25H39N3O4. The zero-order valence-electron chi connectivity index (χ0n) is 20.4. The molecule has 178 valence electrons. The van der Waals surface area contributed by atoms with Crippen LogP contribution < -0.4 is 15.4 Å². The third-order valence-electron chi connectivity index (χ3n) is 5.95. The Morgan fingerprint density at radius 2 is 1.81 bits per heavy atom. The quantitative estimate of drug-likeness (QED) is 0.642. The average Bonchev–Trinajstić information content (AvgIpc) is 2.76. The van der Waals surface area contributed by atoms with Crippen LogP contribution in [-0.2, 0) is 9.59 Å². The smallest absolute Gasteiger partial charge is 0.252 e. The summed E-state index contributed by atoms with van der Waals surface area (Å²) < 4.78 is 5.21. The largest absolute Gasteiger partial charge is 0.497 e. The van der Waals surface area contributed by atoms with Gasteiger partial charge in [-0.3, -0.25) is 14.4 Å². The van der Waals surface area contributed by atoms with Crippen LogP contribution in [0.25, 0.3) is 0 Å². The number of nitrogens with zero attached hydrogens (tertiary/aromatic N) is 1. The van der Waals surface area contributed by atoms with Gasteiger partial charge in [0.25, 0.3) is 5.91 Å². The van der Waals surface area contributed by atoms with Crippen LogP contribution in [0.5, 0.6) is 5.75 Å². The number of benzene rings is 1. The van der Waals surface area contributed by atoms with E-state index in [9.17, 15) is 14.4 Å². The lowest BCUT2D eigenvalue weighted by molar-refractivity contribution is -0.134. The van der Waals surface area contributed by atoms with Crippen LogP contribution in [0.3, 0.4) is 0 Å². The summed E-state index contributed by atoms with van der Waals surface area (Å²) in [7, 11) is 1.55. The van der Waals surface area contributed by atoms with Crippen molar-refractivity contribution in [2.45, 2.75) is 72.4 Å². The third-order valence-corrected chi connectivity index (χ3v) is 5.95. The molecule has 1 saturated heterocycles. The summed E-state index contributed by atoms with van der Waals surface area (Å²) in [4.78, 5) is 40.5. The molecule has 1 aromatic carbocycles. The summed E-state index contributed by atoms with van der Waals surface area (Å²) in [6.45, 7) is 11.3. The second-order valence-electron chi connectivity index (χ2n) is 9.96. The highest BCUT2D eigenvalue weighted by Gasteiger charge is 2.35. The number of hydrogen-bond acceptors (Lipinski definition) is 4. The van der Waals surface area contributed by atoms with Gasteiger partial charge in [0.2, 0.25) is 11.8 Å². The molecule has 0 radical (unpaired) electrons. The minimum Gasteiger partial charge on any atom is -0.497 e. The molecule has 32 heavy (non-hydrogen) atoms. The van der Waals surface area contributed by atoms with E-state index < -0.39 is 6.04 Å². The Morgan fingerprint density at radius 1 is 1.16 bits per heavy atom. The summed E-state index contributed by atoms with van der Waals surface area (Å²) in [5.41, 5.74) is 0.389. The molecule has 7 nitrogen and oxygen atoms in total. The van der Waals surface area contributed by atoms with Gasteiger partial charge in [0.1, 0.15) is 11.8 Å². The fourth-order valence-electron chi connectivity index (χ4n) is 3.87. The fraction of sp³-hybridized carbons (Fsp3) is 0.640. The molecule has 1 fully saturated rings. The van der Waals surface area contributed by atoms with Gasteiger partial charge in [-0.2, -0.15) is 0 Å². The SMILES string of the molecule is CCC(C)NC(=O)C(NC(=O)c1cccc(OC)c1)C1CCN(C(=O)CC(C)(C)C)CC1. The molecule has 2 N–H and O–H groups in total. The van der Waals surface area contributed by atoms with Gasteiger partial charge >= 0.3 is 0 Å². The highest BCUT2D eigenvalue weighted by Crippen LogP contribution is 2.25. The van der Waals surface area contributed by atoms with E-state index >= 15 is 0 Å². The molecular weight excluding hydrogens is 406 g/mol. The lowest BCUT2D eigenvalue weighted by Crippen LogP contribution is -2.55. The molecule has 0 bridgehead atoms. The third kappa shape index (κ3) is 7.53. The minimum absolute atomic E-state index is 0.0205. The topological polar surface area (TPSA) is 87.7 Å². The van der Waals surface area contributed by atoms with Gasteiger partial charge in [-0.1, -0.05) is 33.8 Å². The fourth-order valence-corrected chi connectivity index (χ4v) is 3.87. The average molecular weight is 446 g/mol. The molecule has 0 saturated carbocycles. The number of ether oxygens (including phenoxy) is 1. The lowest BCUT2D eigenvalue weighted by atomic mass is 9.87. The number of nitrogens with one attached hydrogen (secondary N) is 2. The monoisotopic (exact) mass is 445 g/mol. The van der Waals surface area contributed by atoms with Gasteiger partial charge in [0.05, 0.1) is 7.11 Å². The van der Waals surface area contributed by atoms with Crippen LogP contribution in [0, 0.1) is 11.3 Å². The van der Waals surface area contributed by atoms with Crippen molar-refractivity contribution in [2.75, 3.05) is 20.2 Å². The van der Waals surface area contributed by atoms with Crippen molar-refractivity contribution in [3.8, 4) is 5.75 Å². The van der Waals surface area contributed by atoms with Gasteiger partial charge in [-0.05, 0) is 55.7 Å². The molecule has 1 aliphatic rings.